The van der Waals surface area contributed by atoms with Gasteiger partial charge in [0.15, 0.2) is 7.11 Å². The van der Waals surface area contributed by atoms with Gasteiger partial charge in [0.25, 0.3) is 4.92 Å². The first-order chi connectivity index (χ1) is 6.06. The van der Waals surface area contributed by atoms with Crippen LogP contribution in [0.4, 0.5) is 0 Å². The summed E-state index contributed by atoms with van der Waals surface area (Å²) < 4.78 is 0. The number of hydrogen-bond donors (Lipinski definition) is 0. The molecule has 0 atom stereocenters. The quantitative estimate of drug-likeness (QED) is 0.599. The van der Waals surface area contributed by atoms with Gasteiger partial charge in [-0.25, -0.2) is 4.84 Å². The van der Waals surface area contributed by atoms with E-state index in [1.165, 1.54) is 7.11 Å². The zero-order valence-electron chi connectivity index (χ0n) is 8.37. The first kappa shape index (κ1) is 9.70. The van der Waals surface area contributed by atoms with Crippen LogP contribution in [-0.2, 0) is 4.84 Å². The SMILES string of the molecule is CO[N+](=O)C1=C(C)CN(C)N=C1C. The number of hydrazone groups is 1. The van der Waals surface area contributed by atoms with Gasteiger partial charge in [-0.05, 0) is 13.8 Å². The Morgan fingerprint density at radius 3 is 2.62 bits per heavy atom. The fourth-order valence-electron chi connectivity index (χ4n) is 1.44. The Morgan fingerprint density at radius 1 is 1.54 bits per heavy atom. The molecule has 0 aliphatic carbocycles. The molecule has 0 saturated carbocycles. The van der Waals surface area contributed by atoms with Crippen LogP contribution in [0, 0.1) is 4.91 Å². The third kappa shape index (κ3) is 1.85. The fraction of sp³-hybridized carbons (Fsp3) is 0.625. The predicted molar refractivity (Wildman–Crippen MR) is 49.1 cm³/mol. The van der Waals surface area contributed by atoms with Crippen molar-refractivity contribution in [1.82, 2.24) is 5.01 Å². The van der Waals surface area contributed by atoms with Gasteiger partial charge >= 0.3 is 5.70 Å². The summed E-state index contributed by atoms with van der Waals surface area (Å²) in [6.07, 6.45) is 0. The molecule has 0 aromatic carbocycles. The van der Waals surface area contributed by atoms with Crippen LogP contribution in [0.5, 0.6) is 0 Å². The highest BCUT2D eigenvalue weighted by Crippen LogP contribution is 2.14. The van der Waals surface area contributed by atoms with Gasteiger partial charge in [0.05, 0.1) is 11.5 Å². The predicted octanol–water partition coefficient (Wildman–Crippen LogP) is 0.922. The molecule has 13 heavy (non-hydrogen) atoms. The van der Waals surface area contributed by atoms with E-state index >= 15 is 0 Å². The van der Waals surface area contributed by atoms with Crippen molar-refractivity contribution in [3.8, 4) is 0 Å². The van der Waals surface area contributed by atoms with E-state index in [2.05, 4.69) is 9.94 Å². The number of rotatable bonds is 2. The lowest BCUT2D eigenvalue weighted by Crippen LogP contribution is -2.27. The van der Waals surface area contributed by atoms with Crippen molar-refractivity contribution in [2.24, 2.45) is 5.10 Å². The number of nitrogens with zero attached hydrogens (tertiary/aromatic N) is 3. The lowest BCUT2D eigenvalue weighted by atomic mass is 10.1. The van der Waals surface area contributed by atoms with E-state index in [1.807, 2.05) is 14.0 Å². The Labute approximate surface area is 77.2 Å². The Kier molecular flexibility index (Phi) is 2.65. The number of hydrogen-bond acceptors (Lipinski definition) is 4. The summed E-state index contributed by atoms with van der Waals surface area (Å²) in [6, 6.07) is 0. The second-order valence-corrected chi connectivity index (χ2v) is 3.07. The van der Waals surface area contributed by atoms with Crippen molar-refractivity contribution in [2.45, 2.75) is 13.8 Å². The lowest BCUT2D eigenvalue weighted by Gasteiger charge is -2.18. The van der Waals surface area contributed by atoms with Gasteiger partial charge in [0, 0.05) is 12.6 Å². The van der Waals surface area contributed by atoms with E-state index in [9.17, 15) is 4.91 Å². The van der Waals surface area contributed by atoms with E-state index in [-0.39, 0.29) is 0 Å². The van der Waals surface area contributed by atoms with Crippen LogP contribution >= 0.6 is 0 Å². The van der Waals surface area contributed by atoms with E-state index in [0.717, 1.165) is 5.57 Å². The van der Waals surface area contributed by atoms with E-state index in [1.54, 1.807) is 11.9 Å². The minimum atomic E-state index is 0.501. The summed E-state index contributed by atoms with van der Waals surface area (Å²) >= 11 is 0. The second-order valence-electron chi connectivity index (χ2n) is 3.07. The molecule has 0 aromatic heterocycles. The molecular formula is C8H14N3O2+. The number of likely N-dealkylation sites (N-methyl/N-ethyl adjacent to an activating group) is 1. The molecule has 1 aliphatic heterocycles. The van der Waals surface area contributed by atoms with Crippen molar-refractivity contribution in [3.63, 3.8) is 0 Å². The summed E-state index contributed by atoms with van der Waals surface area (Å²) in [5.41, 5.74) is 2.18. The standard InChI is InChI=1S/C8H14N3O2/c1-6-5-10(3)9-7(2)8(6)11(12)13-4/h5H2,1-4H3/q+1. The molecule has 0 bridgehead atoms. The Bertz CT molecular complexity index is 294. The van der Waals surface area contributed by atoms with Gasteiger partial charge in [-0.15, -0.1) is 0 Å². The van der Waals surface area contributed by atoms with Crippen LogP contribution in [0.1, 0.15) is 13.8 Å². The molecular weight excluding hydrogens is 170 g/mol. The minimum Gasteiger partial charge on any atom is -0.295 e. The molecule has 5 nitrogen and oxygen atoms in total. The summed E-state index contributed by atoms with van der Waals surface area (Å²) in [5, 5.41) is 5.94. The van der Waals surface area contributed by atoms with Gasteiger partial charge in [0.1, 0.15) is 5.71 Å². The highest BCUT2D eigenvalue weighted by atomic mass is 16.8. The highest BCUT2D eigenvalue weighted by Gasteiger charge is 2.30. The molecule has 0 aromatic rings. The van der Waals surface area contributed by atoms with E-state index in [4.69, 9.17) is 0 Å². The smallest absolute Gasteiger partial charge is 0.295 e. The molecule has 0 amide bonds. The summed E-state index contributed by atoms with van der Waals surface area (Å²) in [4.78, 5) is 16.3. The average Bonchev–Trinajstić information content (AvgIpc) is 2.02. The molecule has 5 heteroatoms. The van der Waals surface area contributed by atoms with Gasteiger partial charge < -0.3 is 0 Å². The Morgan fingerprint density at radius 2 is 2.15 bits per heavy atom. The van der Waals surface area contributed by atoms with Gasteiger partial charge in [-0.2, -0.15) is 5.10 Å². The first-order valence-corrected chi connectivity index (χ1v) is 4.04. The van der Waals surface area contributed by atoms with E-state index < -0.39 is 0 Å². The largest absolute Gasteiger partial charge is 0.340 e. The maximum absolute atomic E-state index is 11.2. The van der Waals surface area contributed by atoms with Crippen LogP contribution in [0.25, 0.3) is 0 Å². The zero-order chi connectivity index (χ0) is 10.0. The Hall–Kier alpha value is -1.39. The molecule has 1 aliphatic rings. The zero-order valence-corrected chi connectivity index (χ0v) is 8.37. The van der Waals surface area contributed by atoms with Crippen molar-refractivity contribution in [2.75, 3.05) is 20.7 Å². The van der Waals surface area contributed by atoms with Crippen LogP contribution in [-0.4, -0.2) is 36.3 Å². The molecule has 72 valence electrons. The van der Waals surface area contributed by atoms with Gasteiger partial charge in [-0.3, -0.25) is 5.01 Å². The maximum Gasteiger partial charge on any atom is 0.340 e. The summed E-state index contributed by atoms with van der Waals surface area (Å²) in [5.74, 6) is 0. The van der Waals surface area contributed by atoms with Crippen LogP contribution in [0.3, 0.4) is 0 Å². The molecule has 0 fully saturated rings. The van der Waals surface area contributed by atoms with Crippen molar-refractivity contribution in [3.05, 3.63) is 16.2 Å². The molecule has 1 rings (SSSR count). The molecule has 0 radical (unpaired) electrons. The van der Waals surface area contributed by atoms with Gasteiger partial charge in [0.2, 0.25) is 0 Å². The first-order valence-electron chi connectivity index (χ1n) is 4.04. The average molecular weight is 184 g/mol. The highest BCUT2D eigenvalue weighted by molar-refractivity contribution is 5.96. The van der Waals surface area contributed by atoms with E-state index in [0.29, 0.717) is 22.9 Å². The van der Waals surface area contributed by atoms with Gasteiger partial charge in [-0.1, -0.05) is 0 Å². The van der Waals surface area contributed by atoms with Crippen LogP contribution in [0.2, 0.25) is 0 Å². The minimum absolute atomic E-state index is 0.501. The number of allylic oxidation sites excluding steroid dienone is 1. The monoisotopic (exact) mass is 184 g/mol. The molecule has 0 saturated heterocycles. The molecule has 1 heterocycles. The molecule has 0 unspecified atom stereocenters. The fourth-order valence-corrected chi connectivity index (χ4v) is 1.44. The third-order valence-corrected chi connectivity index (χ3v) is 1.88. The topological polar surface area (TPSA) is 44.9 Å². The van der Waals surface area contributed by atoms with Crippen LogP contribution < -0.4 is 0 Å². The molecule has 0 spiro atoms. The maximum atomic E-state index is 11.2. The third-order valence-electron chi connectivity index (χ3n) is 1.88. The van der Waals surface area contributed by atoms with Crippen molar-refractivity contribution in [1.29, 1.82) is 0 Å². The van der Waals surface area contributed by atoms with Crippen molar-refractivity contribution >= 4 is 5.71 Å². The normalized spacial score (nSPS) is 17.2. The summed E-state index contributed by atoms with van der Waals surface area (Å²) in [6.45, 7) is 4.35. The van der Waals surface area contributed by atoms with Crippen LogP contribution in [0.15, 0.2) is 16.4 Å². The summed E-state index contributed by atoms with van der Waals surface area (Å²) in [7, 11) is 3.21. The lowest BCUT2D eigenvalue weighted by molar-refractivity contribution is -0.756. The molecule has 0 N–H and O–H groups in total. The second kappa shape index (κ2) is 3.55. The Balaban J connectivity index is 3.01. The van der Waals surface area contributed by atoms with Crippen molar-refractivity contribution < 1.29 is 9.76 Å².